The van der Waals surface area contributed by atoms with Gasteiger partial charge in [0.05, 0.1) is 15.8 Å². The molecule has 0 spiro atoms. The number of amides is 1. The largest absolute Gasteiger partial charge is 0.301 e. The highest BCUT2D eigenvalue weighted by Crippen LogP contribution is 2.37. The fraction of sp³-hybridized carbons (Fsp3) is 0.227. The van der Waals surface area contributed by atoms with Gasteiger partial charge in [-0.05, 0) is 49.1 Å². The molecule has 0 saturated carbocycles. The summed E-state index contributed by atoms with van der Waals surface area (Å²) in [7, 11) is 0. The van der Waals surface area contributed by atoms with Crippen LogP contribution >= 0.6 is 34.7 Å². The van der Waals surface area contributed by atoms with Crippen LogP contribution in [-0.2, 0) is 11.2 Å². The number of rotatable bonds is 5. The van der Waals surface area contributed by atoms with E-state index in [1.807, 2.05) is 49.4 Å². The molecular weight excluding hydrogens is 424 g/mol. The van der Waals surface area contributed by atoms with Gasteiger partial charge in [0.1, 0.15) is 0 Å². The summed E-state index contributed by atoms with van der Waals surface area (Å²) in [6.07, 6.45) is 1.20. The average molecular weight is 443 g/mol. The predicted molar refractivity (Wildman–Crippen MR) is 119 cm³/mol. The van der Waals surface area contributed by atoms with Gasteiger partial charge in [-0.15, -0.1) is 11.8 Å². The molecule has 1 aromatic heterocycles. The van der Waals surface area contributed by atoms with Crippen molar-refractivity contribution in [2.24, 2.45) is 0 Å². The molecule has 4 rings (SSSR count). The summed E-state index contributed by atoms with van der Waals surface area (Å²) in [6.45, 7) is 1.85. The lowest BCUT2D eigenvalue weighted by Gasteiger charge is -2.20. The minimum Gasteiger partial charge on any atom is -0.301 e. The molecule has 0 saturated heterocycles. The Morgan fingerprint density at radius 2 is 1.90 bits per heavy atom. The van der Waals surface area contributed by atoms with Gasteiger partial charge in [0.2, 0.25) is 5.91 Å². The second-order valence-corrected chi connectivity index (χ2v) is 9.79. The summed E-state index contributed by atoms with van der Waals surface area (Å²) in [5, 5.41) is 3.73. The van der Waals surface area contributed by atoms with Crippen LogP contribution in [0.2, 0.25) is 5.02 Å². The quantitative estimate of drug-likeness (QED) is 0.505. The van der Waals surface area contributed by atoms with Crippen molar-refractivity contribution in [1.29, 1.82) is 0 Å². The number of hydrogen-bond donors (Lipinski definition) is 1. The smallest absolute Gasteiger partial charge is 0.239 e. The lowest BCUT2D eigenvalue weighted by Crippen LogP contribution is -2.22. The lowest BCUT2D eigenvalue weighted by atomic mass is 9.85. The summed E-state index contributed by atoms with van der Waals surface area (Å²) in [4.78, 5) is 31.4. The van der Waals surface area contributed by atoms with Crippen molar-refractivity contribution in [2.75, 3.05) is 5.32 Å². The van der Waals surface area contributed by atoms with E-state index < -0.39 is 0 Å². The van der Waals surface area contributed by atoms with E-state index in [0.717, 1.165) is 16.2 Å². The van der Waals surface area contributed by atoms with Gasteiger partial charge in [-0.2, -0.15) is 0 Å². The minimum absolute atomic E-state index is 0.0988. The van der Waals surface area contributed by atoms with Gasteiger partial charge in [0, 0.05) is 16.3 Å². The van der Waals surface area contributed by atoms with Crippen LogP contribution in [0, 0.1) is 0 Å². The number of anilines is 1. The second kappa shape index (κ2) is 8.69. The molecule has 0 bridgehead atoms. The first-order chi connectivity index (χ1) is 14.0. The fourth-order valence-electron chi connectivity index (χ4n) is 3.32. The summed E-state index contributed by atoms with van der Waals surface area (Å²) in [5.74, 6) is 0.103. The molecule has 0 radical (unpaired) electrons. The van der Waals surface area contributed by atoms with E-state index in [1.54, 1.807) is 12.1 Å². The van der Waals surface area contributed by atoms with E-state index >= 15 is 0 Å². The van der Waals surface area contributed by atoms with Gasteiger partial charge < -0.3 is 5.32 Å². The topological polar surface area (TPSA) is 59.1 Å². The normalized spacial score (nSPS) is 16.9. The Balaban J connectivity index is 1.44. The number of thioether (sulfide) groups is 1. The number of benzene rings is 2. The zero-order chi connectivity index (χ0) is 20.4. The highest BCUT2D eigenvalue weighted by Gasteiger charge is 2.30. The van der Waals surface area contributed by atoms with Gasteiger partial charge in [0.25, 0.3) is 0 Å². The van der Waals surface area contributed by atoms with Crippen LogP contribution in [-0.4, -0.2) is 21.9 Å². The van der Waals surface area contributed by atoms with Gasteiger partial charge in [-0.25, -0.2) is 4.98 Å². The van der Waals surface area contributed by atoms with Gasteiger partial charge in [-0.1, -0.05) is 53.3 Å². The van der Waals surface area contributed by atoms with E-state index in [4.69, 9.17) is 11.6 Å². The van der Waals surface area contributed by atoms with Gasteiger partial charge in [0.15, 0.2) is 10.9 Å². The highest BCUT2D eigenvalue weighted by atomic mass is 35.5. The predicted octanol–water partition coefficient (Wildman–Crippen LogP) is 5.83. The fourth-order valence-corrected chi connectivity index (χ4v) is 5.26. The van der Waals surface area contributed by atoms with Crippen molar-refractivity contribution in [3.8, 4) is 0 Å². The molecule has 0 fully saturated rings. The number of thiazole rings is 1. The Hall–Kier alpha value is -2.15. The Kier molecular flexibility index (Phi) is 6.04. The van der Waals surface area contributed by atoms with Crippen molar-refractivity contribution in [3.63, 3.8) is 0 Å². The second-order valence-electron chi connectivity index (χ2n) is 6.94. The van der Waals surface area contributed by atoms with Crippen molar-refractivity contribution in [1.82, 2.24) is 4.98 Å². The molecule has 0 aliphatic heterocycles. The molecule has 2 aromatic carbocycles. The minimum atomic E-state index is -0.301. The molecule has 29 heavy (non-hydrogen) atoms. The molecule has 1 heterocycles. The Morgan fingerprint density at radius 1 is 1.17 bits per heavy atom. The number of nitrogens with one attached hydrogen (secondary N) is 1. The first-order valence-corrected chi connectivity index (χ1v) is 11.4. The molecule has 1 N–H and O–H groups in total. The maximum absolute atomic E-state index is 12.6. The Bertz CT molecular complexity index is 1030. The number of aromatic nitrogens is 1. The molecule has 4 nitrogen and oxygen atoms in total. The average Bonchev–Trinajstić information content (AvgIpc) is 3.13. The van der Waals surface area contributed by atoms with E-state index in [2.05, 4.69) is 10.3 Å². The SMILES string of the molecule is C[C@@H](Sc1ccc(Cl)cc1)C(=O)Nc1nc2c(s1)C(=O)C[C@H](c1ccccc1)C2. The van der Waals surface area contributed by atoms with E-state index in [-0.39, 0.29) is 22.9 Å². The third-order valence-electron chi connectivity index (χ3n) is 4.82. The van der Waals surface area contributed by atoms with Gasteiger partial charge >= 0.3 is 0 Å². The van der Waals surface area contributed by atoms with Crippen LogP contribution in [0.3, 0.4) is 0 Å². The molecule has 3 aromatic rings. The van der Waals surface area contributed by atoms with Crippen LogP contribution in [0.15, 0.2) is 59.5 Å². The highest BCUT2D eigenvalue weighted by molar-refractivity contribution is 8.00. The molecule has 148 valence electrons. The molecule has 1 amide bonds. The number of halogens is 1. The number of nitrogens with zero attached hydrogens (tertiary/aromatic N) is 1. The van der Waals surface area contributed by atoms with Crippen LogP contribution in [0.5, 0.6) is 0 Å². The van der Waals surface area contributed by atoms with Crippen molar-refractivity contribution >= 4 is 51.5 Å². The number of carbonyl (C=O) groups is 2. The maximum Gasteiger partial charge on any atom is 0.239 e. The summed E-state index contributed by atoms with van der Waals surface area (Å²) in [6, 6.07) is 17.4. The standard InChI is InChI=1S/C22H19ClN2O2S2/c1-13(28-17-9-7-16(23)8-10-17)21(27)25-22-24-18-11-15(12-19(26)20(18)29-22)14-5-3-2-4-6-14/h2-10,13,15H,11-12H2,1H3,(H,24,25,27)/t13-,15-/m1/s1. The number of hydrogen-bond acceptors (Lipinski definition) is 5. The van der Waals surface area contributed by atoms with E-state index in [9.17, 15) is 9.59 Å². The van der Waals surface area contributed by atoms with Crippen molar-refractivity contribution < 1.29 is 9.59 Å². The third kappa shape index (κ3) is 4.71. The lowest BCUT2D eigenvalue weighted by molar-refractivity contribution is -0.115. The molecule has 2 atom stereocenters. The molecule has 7 heteroatoms. The summed E-state index contributed by atoms with van der Waals surface area (Å²) < 4.78 is 0. The van der Waals surface area contributed by atoms with Crippen molar-refractivity contribution in [2.45, 2.75) is 35.8 Å². The van der Waals surface area contributed by atoms with Gasteiger partial charge in [-0.3, -0.25) is 9.59 Å². The number of ketones is 1. The number of carbonyl (C=O) groups excluding carboxylic acids is 2. The zero-order valence-electron chi connectivity index (χ0n) is 15.7. The van der Waals surface area contributed by atoms with Crippen LogP contribution in [0.1, 0.15) is 40.2 Å². The van der Waals surface area contributed by atoms with E-state index in [0.29, 0.717) is 27.9 Å². The third-order valence-corrected chi connectivity index (χ3v) is 7.24. The number of fused-ring (bicyclic) bond motifs is 1. The molecular formula is C22H19ClN2O2S2. The molecule has 1 aliphatic carbocycles. The van der Waals surface area contributed by atoms with Crippen LogP contribution in [0.25, 0.3) is 0 Å². The van der Waals surface area contributed by atoms with E-state index in [1.165, 1.54) is 23.1 Å². The summed E-state index contributed by atoms with van der Waals surface area (Å²) >= 11 is 8.63. The Labute approximate surface area is 182 Å². The first kappa shape index (κ1) is 20.1. The van der Waals surface area contributed by atoms with Crippen LogP contribution < -0.4 is 5.32 Å². The summed E-state index contributed by atoms with van der Waals surface area (Å²) in [5.41, 5.74) is 1.94. The van der Waals surface area contributed by atoms with Crippen LogP contribution in [0.4, 0.5) is 5.13 Å². The Morgan fingerprint density at radius 3 is 2.62 bits per heavy atom. The zero-order valence-corrected chi connectivity index (χ0v) is 18.1. The molecule has 0 unspecified atom stereocenters. The number of Topliss-reactive ketones (excluding diaryl/α,β-unsaturated/α-hetero) is 1. The monoisotopic (exact) mass is 442 g/mol. The maximum atomic E-state index is 12.6. The first-order valence-electron chi connectivity index (χ1n) is 9.30. The molecule has 1 aliphatic rings. The van der Waals surface area contributed by atoms with Crippen molar-refractivity contribution in [3.05, 3.63) is 75.8 Å².